The molecule has 0 bridgehead atoms. The molecule has 1 amide bonds. The molecule has 0 aromatic heterocycles. The van der Waals surface area contributed by atoms with Crippen LogP contribution >= 0.6 is 0 Å². The molecule has 31 heavy (non-hydrogen) atoms. The molecule has 0 radical (unpaired) electrons. The summed E-state index contributed by atoms with van der Waals surface area (Å²) in [6.07, 6.45) is 1.86. The lowest BCUT2D eigenvalue weighted by molar-refractivity contribution is -0.384. The number of rotatable bonds is 6. The number of carbonyl (C=O) groups is 1. The summed E-state index contributed by atoms with van der Waals surface area (Å²) in [7, 11) is -0.116. The number of nitrogens with zero attached hydrogens (tertiary/aromatic N) is 3. The molecule has 10 heteroatoms. The third kappa shape index (κ3) is 5.02. The first kappa shape index (κ1) is 22.7. The van der Waals surface area contributed by atoms with E-state index in [-0.39, 0.29) is 16.1 Å². The van der Waals surface area contributed by atoms with Crippen molar-refractivity contribution < 1.29 is 18.1 Å². The maximum atomic E-state index is 12.9. The fourth-order valence-corrected chi connectivity index (χ4v) is 5.23. The van der Waals surface area contributed by atoms with Gasteiger partial charge in [0.05, 0.1) is 15.4 Å². The van der Waals surface area contributed by atoms with E-state index in [0.717, 1.165) is 12.8 Å². The van der Waals surface area contributed by atoms with E-state index < -0.39 is 20.9 Å². The second kappa shape index (κ2) is 9.03. The van der Waals surface area contributed by atoms with E-state index in [1.807, 2.05) is 6.92 Å². The molecule has 1 unspecified atom stereocenters. The van der Waals surface area contributed by atoms with Crippen LogP contribution in [0.15, 0.2) is 47.4 Å². The molecule has 3 rings (SSSR count). The number of carbonyl (C=O) groups excluding carboxylic acids is 1. The van der Waals surface area contributed by atoms with Crippen molar-refractivity contribution in [3.05, 3.63) is 58.1 Å². The van der Waals surface area contributed by atoms with E-state index in [1.54, 1.807) is 19.0 Å². The van der Waals surface area contributed by atoms with E-state index >= 15 is 0 Å². The van der Waals surface area contributed by atoms with Crippen LogP contribution in [0.3, 0.4) is 0 Å². The van der Waals surface area contributed by atoms with Gasteiger partial charge in [0.1, 0.15) is 0 Å². The van der Waals surface area contributed by atoms with Crippen LogP contribution in [0.5, 0.6) is 0 Å². The van der Waals surface area contributed by atoms with Gasteiger partial charge in [0.25, 0.3) is 11.6 Å². The van der Waals surface area contributed by atoms with E-state index in [4.69, 9.17) is 0 Å². The van der Waals surface area contributed by atoms with Crippen LogP contribution in [0.4, 0.5) is 17.1 Å². The van der Waals surface area contributed by atoms with Gasteiger partial charge >= 0.3 is 0 Å². The van der Waals surface area contributed by atoms with Gasteiger partial charge in [-0.15, -0.1) is 0 Å². The Morgan fingerprint density at radius 2 is 1.87 bits per heavy atom. The standard InChI is InChI=1S/C21H26N4O5S/c1-15-5-4-12-24(14-15)31(29,30)18-9-6-16(7-10-18)22-21(26)19-13-17(25(27)28)8-11-20(19)23(2)3/h6-11,13,15H,4-5,12,14H2,1-3H3,(H,22,26). The quantitative estimate of drug-likeness (QED) is 0.538. The van der Waals surface area contributed by atoms with Crippen molar-refractivity contribution in [1.29, 1.82) is 0 Å². The highest BCUT2D eigenvalue weighted by molar-refractivity contribution is 7.89. The highest BCUT2D eigenvalue weighted by Gasteiger charge is 2.28. The molecule has 1 aliphatic rings. The largest absolute Gasteiger partial charge is 0.377 e. The number of amides is 1. The fourth-order valence-electron chi connectivity index (χ4n) is 3.63. The Morgan fingerprint density at radius 3 is 2.45 bits per heavy atom. The molecule has 9 nitrogen and oxygen atoms in total. The second-order valence-electron chi connectivity index (χ2n) is 7.94. The number of non-ortho nitro benzene ring substituents is 1. The molecule has 0 spiro atoms. The topological polar surface area (TPSA) is 113 Å². The number of anilines is 2. The Balaban J connectivity index is 1.81. The summed E-state index contributed by atoms with van der Waals surface area (Å²) in [5, 5.41) is 13.8. The number of benzene rings is 2. The van der Waals surface area contributed by atoms with Crippen LogP contribution in [-0.2, 0) is 10.0 Å². The highest BCUT2D eigenvalue weighted by Crippen LogP contribution is 2.27. The first-order chi connectivity index (χ1) is 14.6. The Bertz CT molecular complexity index is 1080. The number of sulfonamides is 1. The third-order valence-corrected chi connectivity index (χ3v) is 7.17. The Morgan fingerprint density at radius 1 is 1.19 bits per heavy atom. The van der Waals surface area contributed by atoms with Gasteiger partial charge in [0, 0.05) is 50.7 Å². The average molecular weight is 447 g/mol. The van der Waals surface area contributed by atoms with Crippen molar-refractivity contribution in [2.24, 2.45) is 5.92 Å². The Labute approximate surface area is 181 Å². The van der Waals surface area contributed by atoms with Crippen LogP contribution in [-0.4, -0.2) is 50.7 Å². The summed E-state index contributed by atoms with van der Waals surface area (Å²) in [6.45, 7) is 3.04. The molecule has 1 N–H and O–H groups in total. The molecule has 0 aliphatic carbocycles. The van der Waals surface area contributed by atoms with Gasteiger partial charge in [0.15, 0.2) is 0 Å². The van der Waals surface area contributed by atoms with E-state index in [2.05, 4.69) is 5.32 Å². The van der Waals surface area contributed by atoms with Gasteiger partial charge < -0.3 is 10.2 Å². The smallest absolute Gasteiger partial charge is 0.270 e. The second-order valence-corrected chi connectivity index (χ2v) is 9.88. The van der Waals surface area contributed by atoms with Crippen LogP contribution in [0.1, 0.15) is 30.1 Å². The minimum Gasteiger partial charge on any atom is -0.377 e. The van der Waals surface area contributed by atoms with Gasteiger partial charge in [-0.05, 0) is 49.1 Å². The number of hydrogen-bond donors (Lipinski definition) is 1. The number of nitro benzene ring substituents is 1. The molecule has 2 aromatic carbocycles. The zero-order valence-electron chi connectivity index (χ0n) is 17.7. The van der Waals surface area contributed by atoms with Gasteiger partial charge in [-0.3, -0.25) is 14.9 Å². The molecule has 1 fully saturated rings. The van der Waals surface area contributed by atoms with Crippen molar-refractivity contribution in [3.8, 4) is 0 Å². The number of hydrogen-bond acceptors (Lipinski definition) is 6. The average Bonchev–Trinajstić information content (AvgIpc) is 2.73. The predicted octanol–water partition coefficient (Wildman–Crippen LogP) is 3.33. The number of nitrogens with one attached hydrogen (secondary N) is 1. The lowest BCUT2D eigenvalue weighted by atomic mass is 10.0. The number of nitro groups is 1. The first-order valence-corrected chi connectivity index (χ1v) is 11.4. The molecular weight excluding hydrogens is 420 g/mol. The molecule has 1 saturated heterocycles. The van der Waals surface area contributed by atoms with Gasteiger partial charge in [-0.25, -0.2) is 8.42 Å². The van der Waals surface area contributed by atoms with Gasteiger partial charge in [0.2, 0.25) is 10.0 Å². The zero-order valence-corrected chi connectivity index (χ0v) is 18.6. The fraction of sp³-hybridized carbons (Fsp3) is 0.381. The minimum absolute atomic E-state index is 0.151. The van der Waals surface area contributed by atoms with Crippen molar-refractivity contribution in [1.82, 2.24) is 4.31 Å². The summed E-state index contributed by atoms with van der Waals surface area (Å²) in [5.74, 6) is -0.198. The van der Waals surface area contributed by atoms with Crippen LogP contribution in [0, 0.1) is 16.0 Å². The molecule has 166 valence electrons. The Hall–Kier alpha value is -2.98. The molecular formula is C21H26N4O5S. The third-order valence-electron chi connectivity index (χ3n) is 5.29. The molecule has 0 saturated carbocycles. The summed E-state index contributed by atoms with van der Waals surface area (Å²) in [5.41, 5.74) is 0.889. The number of piperidine rings is 1. The summed E-state index contributed by atoms with van der Waals surface area (Å²) in [6, 6.07) is 10.0. The van der Waals surface area contributed by atoms with Crippen LogP contribution < -0.4 is 10.2 Å². The van der Waals surface area contributed by atoms with E-state index in [0.29, 0.717) is 30.4 Å². The highest BCUT2D eigenvalue weighted by atomic mass is 32.2. The lowest BCUT2D eigenvalue weighted by Crippen LogP contribution is -2.39. The molecule has 1 heterocycles. The van der Waals surface area contributed by atoms with E-state index in [1.165, 1.54) is 46.8 Å². The molecule has 2 aromatic rings. The van der Waals surface area contributed by atoms with Gasteiger partial charge in [-0.2, -0.15) is 4.31 Å². The van der Waals surface area contributed by atoms with Crippen molar-refractivity contribution in [2.45, 2.75) is 24.7 Å². The predicted molar refractivity (Wildman–Crippen MR) is 119 cm³/mol. The van der Waals surface area contributed by atoms with Crippen LogP contribution in [0.2, 0.25) is 0 Å². The minimum atomic E-state index is -3.59. The molecule has 1 aliphatic heterocycles. The van der Waals surface area contributed by atoms with Crippen molar-refractivity contribution in [3.63, 3.8) is 0 Å². The first-order valence-electron chi connectivity index (χ1n) is 9.97. The SMILES string of the molecule is CC1CCCN(S(=O)(=O)c2ccc(NC(=O)c3cc([N+](=O)[O-])ccc3N(C)C)cc2)C1. The zero-order chi connectivity index (χ0) is 22.8. The maximum absolute atomic E-state index is 12.9. The normalized spacial score (nSPS) is 17.2. The maximum Gasteiger partial charge on any atom is 0.270 e. The van der Waals surface area contributed by atoms with Crippen LogP contribution in [0.25, 0.3) is 0 Å². The lowest BCUT2D eigenvalue weighted by Gasteiger charge is -2.30. The van der Waals surface area contributed by atoms with Crippen molar-refractivity contribution >= 4 is 33.0 Å². The summed E-state index contributed by atoms with van der Waals surface area (Å²) in [4.78, 5) is 25.2. The molecule has 1 atom stereocenters. The summed E-state index contributed by atoms with van der Waals surface area (Å²) >= 11 is 0. The van der Waals surface area contributed by atoms with Gasteiger partial charge in [-0.1, -0.05) is 6.92 Å². The van der Waals surface area contributed by atoms with E-state index in [9.17, 15) is 23.3 Å². The Kier molecular flexibility index (Phi) is 6.61. The summed E-state index contributed by atoms with van der Waals surface area (Å²) < 4.78 is 27.3. The monoisotopic (exact) mass is 446 g/mol. The van der Waals surface area contributed by atoms with Crippen molar-refractivity contribution in [2.75, 3.05) is 37.4 Å².